The molecule has 238 valence electrons. The van der Waals surface area contributed by atoms with Crippen molar-refractivity contribution in [2.24, 2.45) is 0 Å². The average molecular weight is 671 g/mol. The van der Waals surface area contributed by atoms with Gasteiger partial charge in [0.15, 0.2) is 0 Å². The summed E-state index contributed by atoms with van der Waals surface area (Å²) in [6.45, 7) is 0. The van der Waals surface area contributed by atoms with Crippen LogP contribution in [0, 0.1) is 0 Å². The third-order valence-electron chi connectivity index (χ3n) is 10.2. The number of nitrogens with zero attached hydrogens (tertiary/aromatic N) is 4. The third kappa shape index (κ3) is 3.99. The molecule has 6 heteroatoms. The normalized spacial score (nSPS) is 12.0. The molecule has 11 aromatic rings. The average Bonchev–Trinajstić information content (AvgIpc) is 3.76. The van der Waals surface area contributed by atoms with Crippen LogP contribution < -0.4 is 5.56 Å². The van der Waals surface area contributed by atoms with Gasteiger partial charge in [-0.15, -0.1) is 11.3 Å². The zero-order valence-corrected chi connectivity index (χ0v) is 27.9. The van der Waals surface area contributed by atoms with Gasteiger partial charge in [0.25, 0.3) is 5.56 Å². The number of thiophene rings is 1. The smallest absolute Gasteiger partial charge is 0.266 e. The molecule has 5 nitrogen and oxygen atoms in total. The molecular formula is C45H26N4OS. The van der Waals surface area contributed by atoms with Crippen molar-refractivity contribution in [2.75, 3.05) is 0 Å². The first-order valence-corrected chi connectivity index (χ1v) is 17.8. The van der Waals surface area contributed by atoms with Crippen molar-refractivity contribution in [3.63, 3.8) is 0 Å². The first-order valence-electron chi connectivity index (χ1n) is 17.0. The Morgan fingerprint density at radius 1 is 0.490 bits per heavy atom. The second kappa shape index (κ2) is 10.7. The molecule has 0 amide bonds. The van der Waals surface area contributed by atoms with Gasteiger partial charge in [-0.3, -0.25) is 13.9 Å². The Kier molecular flexibility index (Phi) is 5.91. The lowest BCUT2D eigenvalue weighted by Gasteiger charge is -2.14. The van der Waals surface area contributed by atoms with Crippen LogP contribution in [0.25, 0.3) is 97.3 Å². The largest absolute Gasteiger partial charge is 0.276 e. The summed E-state index contributed by atoms with van der Waals surface area (Å²) in [5.41, 5.74) is 6.42. The molecule has 7 aromatic carbocycles. The number of fused-ring (bicyclic) bond motifs is 13. The second-order valence-corrected chi connectivity index (χ2v) is 14.0. The maximum atomic E-state index is 14.4. The summed E-state index contributed by atoms with van der Waals surface area (Å²) < 4.78 is 6.42. The number of pyridine rings is 1. The van der Waals surface area contributed by atoms with E-state index in [-0.39, 0.29) is 5.56 Å². The number of hydrogen-bond acceptors (Lipinski definition) is 4. The molecule has 0 spiro atoms. The molecule has 0 aliphatic heterocycles. The molecule has 0 aliphatic carbocycles. The summed E-state index contributed by atoms with van der Waals surface area (Å²) in [5, 5.41) is 8.62. The molecule has 0 unspecified atom stereocenters. The molecule has 0 saturated carbocycles. The Balaban J connectivity index is 1.21. The highest BCUT2D eigenvalue weighted by atomic mass is 32.1. The van der Waals surface area contributed by atoms with Crippen molar-refractivity contribution in [1.29, 1.82) is 0 Å². The van der Waals surface area contributed by atoms with E-state index in [4.69, 9.17) is 9.97 Å². The lowest BCUT2D eigenvalue weighted by atomic mass is 9.99. The van der Waals surface area contributed by atoms with Crippen LogP contribution in [0.3, 0.4) is 0 Å². The molecule has 0 saturated heterocycles. The van der Waals surface area contributed by atoms with E-state index in [1.807, 2.05) is 65.9 Å². The minimum atomic E-state index is -0.150. The molecule has 11 rings (SSSR count). The van der Waals surface area contributed by atoms with Crippen molar-refractivity contribution >= 4 is 85.9 Å². The van der Waals surface area contributed by atoms with Crippen molar-refractivity contribution in [2.45, 2.75) is 0 Å². The van der Waals surface area contributed by atoms with Crippen LogP contribution in [0.4, 0.5) is 0 Å². The topological polar surface area (TPSA) is 52.7 Å². The lowest BCUT2D eigenvalue weighted by molar-refractivity contribution is 1.00. The standard InChI is InChI=1S/C45H26N4OS/c50-44-35-26-46-45(47-41(35)33-17-7-10-20-37(33)48(44)29-24-22-28(23-25-29)27-12-2-1-3-13-27)49-36-19-9-6-16-32(36)39-30-14-4-5-15-31(30)40-34-18-8-11-21-38(34)51-43(40)42(39)49/h1-26H. The number of rotatable bonds is 3. The van der Waals surface area contributed by atoms with Crippen molar-refractivity contribution < 1.29 is 0 Å². The van der Waals surface area contributed by atoms with Crippen LogP contribution in [0.15, 0.2) is 163 Å². The molecular weight excluding hydrogens is 645 g/mol. The van der Waals surface area contributed by atoms with Crippen LogP contribution in [-0.4, -0.2) is 19.1 Å². The summed E-state index contributed by atoms with van der Waals surface area (Å²) in [6.07, 6.45) is 1.71. The van der Waals surface area contributed by atoms with Gasteiger partial charge >= 0.3 is 0 Å². The van der Waals surface area contributed by atoms with Crippen molar-refractivity contribution in [3.05, 3.63) is 168 Å². The van der Waals surface area contributed by atoms with Crippen LogP contribution in [0.1, 0.15) is 0 Å². The van der Waals surface area contributed by atoms with Crippen LogP contribution in [-0.2, 0) is 0 Å². The van der Waals surface area contributed by atoms with Crippen molar-refractivity contribution in [3.8, 4) is 22.8 Å². The number of para-hydroxylation sites is 2. The van der Waals surface area contributed by atoms with Gasteiger partial charge in [-0.1, -0.05) is 121 Å². The van der Waals surface area contributed by atoms with Gasteiger partial charge in [0.2, 0.25) is 5.95 Å². The predicted octanol–water partition coefficient (Wildman–Crippen LogP) is 11.2. The molecule has 0 fully saturated rings. The number of benzene rings is 7. The van der Waals surface area contributed by atoms with Gasteiger partial charge in [-0.05, 0) is 52.2 Å². The minimum absolute atomic E-state index is 0.150. The van der Waals surface area contributed by atoms with E-state index in [2.05, 4.69) is 102 Å². The van der Waals surface area contributed by atoms with Gasteiger partial charge in [0.05, 0.1) is 32.2 Å². The lowest BCUT2D eigenvalue weighted by Crippen LogP contribution is -2.20. The fourth-order valence-electron chi connectivity index (χ4n) is 7.96. The highest BCUT2D eigenvalue weighted by Crippen LogP contribution is 2.47. The van der Waals surface area contributed by atoms with E-state index in [0.29, 0.717) is 16.9 Å². The summed E-state index contributed by atoms with van der Waals surface area (Å²) in [4.78, 5) is 24.7. The monoisotopic (exact) mass is 670 g/mol. The van der Waals surface area contributed by atoms with Crippen LogP contribution >= 0.6 is 11.3 Å². The molecule has 0 aliphatic rings. The summed E-state index contributed by atoms with van der Waals surface area (Å²) in [6, 6.07) is 52.3. The molecule has 0 radical (unpaired) electrons. The Morgan fingerprint density at radius 3 is 1.84 bits per heavy atom. The molecule has 0 N–H and O–H groups in total. The van der Waals surface area contributed by atoms with E-state index >= 15 is 0 Å². The summed E-state index contributed by atoms with van der Waals surface area (Å²) >= 11 is 1.81. The van der Waals surface area contributed by atoms with E-state index < -0.39 is 0 Å². The number of aromatic nitrogens is 4. The molecule has 4 aromatic heterocycles. The van der Waals surface area contributed by atoms with E-state index in [1.165, 1.54) is 36.3 Å². The maximum absolute atomic E-state index is 14.4. The quantitative estimate of drug-likeness (QED) is 0.176. The highest BCUT2D eigenvalue weighted by molar-refractivity contribution is 7.27. The summed E-state index contributed by atoms with van der Waals surface area (Å²) in [7, 11) is 0. The maximum Gasteiger partial charge on any atom is 0.266 e. The third-order valence-corrected chi connectivity index (χ3v) is 11.4. The Bertz CT molecular complexity index is 3270. The Hall–Kier alpha value is -6.63. The van der Waals surface area contributed by atoms with Crippen molar-refractivity contribution in [1.82, 2.24) is 19.1 Å². The van der Waals surface area contributed by atoms with Crippen LogP contribution in [0.5, 0.6) is 0 Å². The number of hydrogen-bond donors (Lipinski definition) is 0. The zero-order chi connectivity index (χ0) is 33.6. The first kappa shape index (κ1) is 28.2. The van der Waals surface area contributed by atoms with Gasteiger partial charge in [0.1, 0.15) is 0 Å². The zero-order valence-electron chi connectivity index (χ0n) is 27.1. The van der Waals surface area contributed by atoms with Crippen LogP contribution in [0.2, 0.25) is 0 Å². The van der Waals surface area contributed by atoms with Gasteiger partial charge in [0, 0.05) is 43.5 Å². The molecule has 51 heavy (non-hydrogen) atoms. The fraction of sp³-hybridized carbons (Fsp3) is 0. The SMILES string of the molecule is O=c1c2cnc(-n3c4ccccc4c4c5ccccc5c5c6ccccc6sc5c43)nc2c2ccccc2n1-c1ccc(-c2ccccc2)cc1. The van der Waals surface area contributed by atoms with Gasteiger partial charge < -0.3 is 0 Å². The van der Waals surface area contributed by atoms with E-state index in [0.717, 1.165) is 44.1 Å². The van der Waals surface area contributed by atoms with Gasteiger partial charge in [-0.25, -0.2) is 9.97 Å². The van der Waals surface area contributed by atoms with E-state index in [1.54, 1.807) is 10.8 Å². The van der Waals surface area contributed by atoms with E-state index in [9.17, 15) is 4.79 Å². The fourth-order valence-corrected chi connectivity index (χ4v) is 9.22. The Labute approximate surface area is 294 Å². The van der Waals surface area contributed by atoms with Gasteiger partial charge in [-0.2, -0.15) is 0 Å². The Morgan fingerprint density at radius 2 is 1.08 bits per heavy atom. The molecule has 0 atom stereocenters. The minimum Gasteiger partial charge on any atom is -0.276 e. The summed E-state index contributed by atoms with van der Waals surface area (Å²) in [5.74, 6) is 0.539. The predicted molar refractivity (Wildman–Crippen MR) is 213 cm³/mol. The highest BCUT2D eigenvalue weighted by Gasteiger charge is 2.23. The first-order chi connectivity index (χ1) is 25.2. The second-order valence-electron chi connectivity index (χ2n) is 12.9. The molecule has 4 heterocycles. The molecule has 0 bridgehead atoms.